The maximum Gasteiger partial charge on any atom is 0.214 e. The molecule has 0 aliphatic heterocycles. The monoisotopic (exact) mass is 539 g/mol. The third-order valence-corrected chi connectivity index (χ3v) is 9.17. The first kappa shape index (κ1) is 25.6. The third-order valence-electron chi connectivity index (χ3n) is 6.95. The van der Waals surface area contributed by atoms with Gasteiger partial charge in [-0.3, -0.25) is 9.67 Å². The van der Waals surface area contributed by atoms with Gasteiger partial charge in [-0.2, -0.15) is 5.10 Å². The molecule has 8 nitrogen and oxygen atoms in total. The number of aryl methyl sites for hydroxylation is 2. The molecule has 0 spiro atoms. The highest BCUT2D eigenvalue weighted by Crippen LogP contribution is 2.34. The number of fused-ring (bicyclic) bond motifs is 1. The summed E-state index contributed by atoms with van der Waals surface area (Å²) in [5.41, 5.74) is 4.99. The summed E-state index contributed by atoms with van der Waals surface area (Å²) in [5, 5.41) is 5.34. The average molecular weight is 540 g/mol. The molecule has 1 aliphatic rings. The van der Waals surface area contributed by atoms with Crippen LogP contribution in [0, 0.1) is 6.92 Å². The summed E-state index contributed by atoms with van der Waals surface area (Å²) in [6.07, 6.45) is 9.35. The molecule has 1 N–H and O–H groups in total. The zero-order chi connectivity index (χ0) is 26.0. The van der Waals surface area contributed by atoms with Gasteiger partial charge < -0.3 is 4.74 Å². The predicted molar refractivity (Wildman–Crippen MR) is 145 cm³/mol. The van der Waals surface area contributed by atoms with E-state index in [1.807, 2.05) is 49.0 Å². The Bertz CT molecular complexity index is 1530. The molecule has 0 atom stereocenters. The fraction of sp³-hybridized carbons (Fsp3) is 0.370. The molecule has 1 fully saturated rings. The predicted octanol–water partition coefficient (Wildman–Crippen LogP) is 5.32. The van der Waals surface area contributed by atoms with E-state index in [0.717, 1.165) is 47.1 Å². The van der Waals surface area contributed by atoms with Gasteiger partial charge in [0.15, 0.2) is 0 Å². The number of pyridine rings is 2. The normalized spacial score (nSPS) is 14.8. The number of nitrogens with zero attached hydrogens (tertiary/aromatic N) is 4. The Labute approximate surface area is 222 Å². The Kier molecular flexibility index (Phi) is 7.46. The van der Waals surface area contributed by atoms with Crippen LogP contribution in [0.4, 0.5) is 0 Å². The molecule has 1 saturated carbocycles. The van der Waals surface area contributed by atoms with Gasteiger partial charge in [0.2, 0.25) is 10.0 Å². The van der Waals surface area contributed by atoms with Crippen LogP contribution in [-0.2, 0) is 30.2 Å². The van der Waals surface area contributed by atoms with E-state index in [4.69, 9.17) is 21.3 Å². The van der Waals surface area contributed by atoms with E-state index in [9.17, 15) is 8.42 Å². The van der Waals surface area contributed by atoms with Crippen LogP contribution in [0.3, 0.4) is 0 Å². The summed E-state index contributed by atoms with van der Waals surface area (Å²) >= 11 is 6.50. The number of hydrogen-bond donors (Lipinski definition) is 1. The maximum absolute atomic E-state index is 12.9. The molecule has 5 rings (SSSR count). The van der Waals surface area contributed by atoms with Crippen molar-refractivity contribution in [2.45, 2.75) is 57.4 Å². The molecule has 0 saturated heterocycles. The Balaban J connectivity index is 1.40. The molecule has 3 aromatic heterocycles. The van der Waals surface area contributed by atoms with Crippen molar-refractivity contribution in [2.24, 2.45) is 7.05 Å². The molecule has 37 heavy (non-hydrogen) atoms. The quantitative estimate of drug-likeness (QED) is 0.325. The minimum absolute atomic E-state index is 0.114. The van der Waals surface area contributed by atoms with E-state index in [0.29, 0.717) is 34.7 Å². The van der Waals surface area contributed by atoms with Crippen LogP contribution < -0.4 is 9.46 Å². The Morgan fingerprint density at radius 2 is 1.97 bits per heavy atom. The van der Waals surface area contributed by atoms with Crippen molar-refractivity contribution in [3.05, 3.63) is 70.8 Å². The van der Waals surface area contributed by atoms with Gasteiger partial charge in [0, 0.05) is 54.4 Å². The van der Waals surface area contributed by atoms with Crippen molar-refractivity contribution in [3.8, 4) is 17.0 Å². The number of sulfonamides is 1. The van der Waals surface area contributed by atoms with Crippen LogP contribution in [0.1, 0.15) is 48.9 Å². The van der Waals surface area contributed by atoms with E-state index in [1.165, 1.54) is 0 Å². The number of rotatable bonds is 8. The third kappa shape index (κ3) is 5.49. The molecule has 1 aliphatic carbocycles. The topological polar surface area (TPSA) is 99.0 Å². The van der Waals surface area contributed by atoms with Gasteiger partial charge in [-0.25, -0.2) is 18.1 Å². The lowest BCUT2D eigenvalue weighted by molar-refractivity contribution is 0.308. The van der Waals surface area contributed by atoms with Crippen molar-refractivity contribution in [1.82, 2.24) is 24.5 Å². The minimum atomic E-state index is -3.42. The second-order valence-electron chi connectivity index (χ2n) is 9.48. The summed E-state index contributed by atoms with van der Waals surface area (Å²) in [4.78, 5) is 8.94. The van der Waals surface area contributed by atoms with E-state index in [2.05, 4.69) is 14.8 Å². The van der Waals surface area contributed by atoms with E-state index in [-0.39, 0.29) is 18.4 Å². The zero-order valence-corrected chi connectivity index (χ0v) is 22.5. The van der Waals surface area contributed by atoms with Gasteiger partial charge in [-0.15, -0.1) is 0 Å². The van der Waals surface area contributed by atoms with Crippen LogP contribution in [-0.4, -0.2) is 33.4 Å². The molecule has 0 bridgehead atoms. The summed E-state index contributed by atoms with van der Waals surface area (Å²) < 4.78 is 36.6. The molecule has 4 aromatic rings. The Morgan fingerprint density at radius 3 is 2.73 bits per heavy atom. The Morgan fingerprint density at radius 1 is 1.16 bits per heavy atom. The van der Waals surface area contributed by atoms with Crippen molar-refractivity contribution < 1.29 is 13.2 Å². The second-order valence-corrected chi connectivity index (χ2v) is 11.9. The molecule has 0 unspecified atom stereocenters. The molecular weight excluding hydrogens is 510 g/mol. The number of halogens is 1. The summed E-state index contributed by atoms with van der Waals surface area (Å²) in [6.45, 7) is 2.21. The van der Waals surface area contributed by atoms with Gasteiger partial charge in [0.1, 0.15) is 17.9 Å². The number of para-hydroxylation sites is 1. The van der Waals surface area contributed by atoms with Crippen LogP contribution in [0.5, 0.6) is 5.75 Å². The SMILES string of the molecule is Cc1cc(-c2ccnn2C)c2cccc(OCc3c(Cl)cncc3CNS(=O)(=O)C3CCCCC3)c2n1. The van der Waals surface area contributed by atoms with Gasteiger partial charge in [-0.1, -0.05) is 43.0 Å². The number of nitrogens with one attached hydrogen (secondary N) is 1. The summed E-state index contributed by atoms with van der Waals surface area (Å²) in [7, 11) is -1.51. The standard InChI is InChI=1S/C27H30ClN5O3S/c1-18-13-22(25-11-12-30-33(25)2)21-9-6-10-26(27(21)32-18)36-17-23-19(14-29-16-24(23)28)15-31-37(34,35)20-7-4-3-5-8-20/h6,9-14,16,20,31H,3-5,7-8,15,17H2,1-2H3. The molecular formula is C27H30ClN5O3S. The fourth-order valence-corrected chi connectivity index (χ4v) is 6.73. The van der Waals surface area contributed by atoms with Crippen molar-refractivity contribution in [1.29, 1.82) is 0 Å². The highest BCUT2D eigenvalue weighted by atomic mass is 35.5. The highest BCUT2D eigenvalue weighted by molar-refractivity contribution is 7.90. The van der Waals surface area contributed by atoms with E-state index in [1.54, 1.807) is 18.6 Å². The van der Waals surface area contributed by atoms with Gasteiger partial charge in [0.05, 0.1) is 16.0 Å². The number of benzene rings is 1. The molecule has 0 amide bonds. The first-order valence-corrected chi connectivity index (χ1v) is 14.4. The second kappa shape index (κ2) is 10.8. The number of hydrogen-bond acceptors (Lipinski definition) is 6. The van der Waals surface area contributed by atoms with Gasteiger partial charge in [-0.05, 0) is 43.5 Å². The van der Waals surface area contributed by atoms with Crippen LogP contribution in [0.2, 0.25) is 5.02 Å². The number of ether oxygens (including phenoxy) is 1. The van der Waals surface area contributed by atoms with Crippen molar-refractivity contribution >= 4 is 32.5 Å². The molecule has 10 heteroatoms. The van der Waals surface area contributed by atoms with Crippen LogP contribution in [0.15, 0.2) is 48.9 Å². The first-order valence-electron chi connectivity index (χ1n) is 12.4. The van der Waals surface area contributed by atoms with Gasteiger partial charge in [0.25, 0.3) is 0 Å². The highest BCUT2D eigenvalue weighted by Gasteiger charge is 2.27. The largest absolute Gasteiger partial charge is 0.487 e. The minimum Gasteiger partial charge on any atom is -0.487 e. The lowest BCUT2D eigenvalue weighted by Gasteiger charge is -2.22. The van der Waals surface area contributed by atoms with Crippen LogP contribution in [0.25, 0.3) is 22.2 Å². The first-order chi connectivity index (χ1) is 17.8. The molecule has 194 valence electrons. The average Bonchev–Trinajstić information content (AvgIpc) is 3.32. The Hall–Kier alpha value is -3.01. The smallest absolute Gasteiger partial charge is 0.214 e. The molecule has 3 heterocycles. The van der Waals surface area contributed by atoms with Crippen molar-refractivity contribution in [2.75, 3.05) is 0 Å². The lowest BCUT2D eigenvalue weighted by Crippen LogP contribution is -2.35. The summed E-state index contributed by atoms with van der Waals surface area (Å²) in [6, 6.07) is 9.84. The fourth-order valence-electron chi connectivity index (χ4n) is 4.95. The summed E-state index contributed by atoms with van der Waals surface area (Å²) in [5.74, 6) is 0.617. The maximum atomic E-state index is 12.9. The van der Waals surface area contributed by atoms with E-state index < -0.39 is 10.0 Å². The zero-order valence-electron chi connectivity index (χ0n) is 20.9. The molecule has 0 radical (unpaired) electrons. The van der Waals surface area contributed by atoms with E-state index >= 15 is 0 Å². The number of aromatic nitrogens is 4. The van der Waals surface area contributed by atoms with Gasteiger partial charge >= 0.3 is 0 Å². The van der Waals surface area contributed by atoms with Crippen LogP contribution >= 0.6 is 11.6 Å². The van der Waals surface area contributed by atoms with Crippen molar-refractivity contribution in [3.63, 3.8) is 0 Å². The molecule has 1 aromatic carbocycles. The lowest BCUT2D eigenvalue weighted by atomic mass is 10.0.